The second-order valence-corrected chi connectivity index (χ2v) is 3.98. The molecule has 1 aromatic carbocycles. The third kappa shape index (κ3) is 3.94. The lowest BCUT2D eigenvalue weighted by Crippen LogP contribution is -1.86. The number of allylic oxidation sites excluding steroid dienone is 1. The maximum absolute atomic E-state index is 9.18. The van der Waals surface area contributed by atoms with Gasteiger partial charge < -0.3 is 0 Å². The molecule has 2 rings (SSSR count). The average molecular weight is 271 g/mol. The Morgan fingerprint density at radius 3 is 2.47 bits per heavy atom. The first kappa shape index (κ1) is 14.9. The molecule has 1 aromatic heterocycles. The van der Waals surface area contributed by atoms with Gasteiger partial charge in [0, 0.05) is 6.20 Å². The van der Waals surface area contributed by atoms with E-state index in [-0.39, 0.29) is 12.4 Å². The summed E-state index contributed by atoms with van der Waals surface area (Å²) in [6.07, 6.45) is 4.58. The van der Waals surface area contributed by atoms with Gasteiger partial charge in [0.05, 0.1) is 11.3 Å². The van der Waals surface area contributed by atoms with Gasteiger partial charge in [-0.25, -0.2) is 0 Å². The first-order chi connectivity index (χ1) is 8.83. The molecule has 0 radical (unpaired) electrons. The minimum absolute atomic E-state index is 0. The summed E-state index contributed by atoms with van der Waals surface area (Å²) in [7, 11) is 0. The number of nitriles is 1. The number of hydrogen-bond acceptors (Lipinski definition) is 2. The lowest BCUT2D eigenvalue weighted by atomic mass is 10.1. The van der Waals surface area contributed by atoms with Gasteiger partial charge in [-0.15, -0.1) is 12.4 Å². The maximum Gasteiger partial charge on any atom is 0.101 e. The SMILES string of the molecule is CCc1ccc(/C=C(/C#N)c2ccccn2)cc1.Cl. The lowest BCUT2D eigenvalue weighted by Gasteiger charge is -2.00. The fourth-order valence-electron chi connectivity index (χ4n) is 1.70. The number of rotatable bonds is 3. The number of nitrogens with zero attached hydrogens (tertiary/aromatic N) is 2. The number of benzene rings is 1. The van der Waals surface area contributed by atoms with Crippen LogP contribution in [0.3, 0.4) is 0 Å². The number of aromatic nitrogens is 1. The third-order valence-corrected chi connectivity index (χ3v) is 2.76. The normalized spacial score (nSPS) is 10.4. The van der Waals surface area contributed by atoms with Gasteiger partial charge in [-0.3, -0.25) is 4.98 Å². The molecule has 0 bridgehead atoms. The average Bonchev–Trinajstić information content (AvgIpc) is 2.46. The van der Waals surface area contributed by atoms with Gasteiger partial charge in [-0.05, 0) is 35.8 Å². The molecule has 0 aliphatic heterocycles. The standard InChI is InChI=1S/C16H14N2.ClH/c1-2-13-6-8-14(9-7-13)11-15(12-17)16-5-3-4-10-18-16;/h3-11H,2H2,1H3;1H/b15-11-;. The third-order valence-electron chi connectivity index (χ3n) is 2.76. The van der Waals surface area contributed by atoms with Crippen molar-refractivity contribution in [2.75, 3.05) is 0 Å². The van der Waals surface area contributed by atoms with Crippen LogP contribution in [-0.4, -0.2) is 4.98 Å². The van der Waals surface area contributed by atoms with E-state index in [1.807, 2.05) is 36.4 Å². The Morgan fingerprint density at radius 2 is 1.95 bits per heavy atom. The van der Waals surface area contributed by atoms with E-state index in [2.05, 4.69) is 30.1 Å². The van der Waals surface area contributed by atoms with Crippen LogP contribution in [-0.2, 0) is 6.42 Å². The summed E-state index contributed by atoms with van der Waals surface area (Å²) in [6, 6.07) is 16.0. The summed E-state index contributed by atoms with van der Waals surface area (Å²) in [5.74, 6) is 0. The zero-order chi connectivity index (χ0) is 12.8. The van der Waals surface area contributed by atoms with Gasteiger partial charge in [0.15, 0.2) is 0 Å². The molecule has 0 amide bonds. The molecule has 0 spiro atoms. The molecule has 0 saturated heterocycles. The molecule has 2 aromatic rings. The summed E-state index contributed by atoms with van der Waals surface area (Å²) < 4.78 is 0. The molecule has 0 aliphatic rings. The van der Waals surface area contributed by atoms with E-state index >= 15 is 0 Å². The highest BCUT2D eigenvalue weighted by atomic mass is 35.5. The Balaban J connectivity index is 0.00000180. The number of pyridine rings is 1. The van der Waals surface area contributed by atoms with Gasteiger partial charge >= 0.3 is 0 Å². The van der Waals surface area contributed by atoms with E-state index in [9.17, 15) is 5.26 Å². The Bertz CT molecular complexity index is 580. The molecule has 0 fully saturated rings. The first-order valence-corrected chi connectivity index (χ1v) is 5.95. The van der Waals surface area contributed by atoms with E-state index in [1.165, 1.54) is 5.56 Å². The minimum Gasteiger partial charge on any atom is -0.256 e. The van der Waals surface area contributed by atoms with Crippen molar-refractivity contribution in [3.63, 3.8) is 0 Å². The quantitative estimate of drug-likeness (QED) is 0.787. The Hall–Kier alpha value is -2.11. The molecule has 3 heteroatoms. The van der Waals surface area contributed by atoms with Crippen LogP contribution in [0.5, 0.6) is 0 Å². The van der Waals surface area contributed by atoms with Crippen LogP contribution in [0.25, 0.3) is 11.6 Å². The van der Waals surface area contributed by atoms with Crippen molar-refractivity contribution in [1.29, 1.82) is 5.26 Å². The summed E-state index contributed by atoms with van der Waals surface area (Å²) in [5.41, 5.74) is 3.61. The highest BCUT2D eigenvalue weighted by Crippen LogP contribution is 2.15. The molecule has 0 atom stereocenters. The van der Waals surface area contributed by atoms with Gasteiger partial charge in [-0.2, -0.15) is 5.26 Å². The van der Waals surface area contributed by atoms with Crippen LogP contribution >= 0.6 is 12.4 Å². The lowest BCUT2D eigenvalue weighted by molar-refractivity contribution is 1.14. The summed E-state index contributed by atoms with van der Waals surface area (Å²) >= 11 is 0. The molecule has 2 nitrogen and oxygen atoms in total. The molecule has 96 valence electrons. The maximum atomic E-state index is 9.18. The van der Waals surface area contributed by atoms with Crippen LogP contribution < -0.4 is 0 Å². The van der Waals surface area contributed by atoms with Crippen LogP contribution in [0, 0.1) is 11.3 Å². The highest BCUT2D eigenvalue weighted by Gasteiger charge is 2.01. The van der Waals surface area contributed by atoms with Crippen molar-refractivity contribution in [1.82, 2.24) is 4.98 Å². The minimum atomic E-state index is 0. The molecule has 0 N–H and O–H groups in total. The summed E-state index contributed by atoms with van der Waals surface area (Å²) in [4.78, 5) is 4.19. The Kier molecular flexibility index (Phi) is 5.78. The number of aryl methyl sites for hydroxylation is 1. The zero-order valence-electron chi connectivity index (χ0n) is 10.7. The Morgan fingerprint density at radius 1 is 1.21 bits per heavy atom. The summed E-state index contributed by atoms with van der Waals surface area (Å²) in [6.45, 7) is 2.12. The molecule has 19 heavy (non-hydrogen) atoms. The van der Waals surface area contributed by atoms with E-state index in [0.717, 1.165) is 12.0 Å². The van der Waals surface area contributed by atoms with Gasteiger partial charge in [-0.1, -0.05) is 37.3 Å². The molecular formula is C16H15ClN2. The van der Waals surface area contributed by atoms with Crippen molar-refractivity contribution in [3.8, 4) is 6.07 Å². The van der Waals surface area contributed by atoms with Crippen LogP contribution in [0.15, 0.2) is 48.7 Å². The van der Waals surface area contributed by atoms with Crippen molar-refractivity contribution in [3.05, 3.63) is 65.5 Å². The number of hydrogen-bond donors (Lipinski definition) is 0. The van der Waals surface area contributed by atoms with Crippen molar-refractivity contribution in [2.24, 2.45) is 0 Å². The molecule has 0 aliphatic carbocycles. The predicted molar refractivity (Wildman–Crippen MR) is 80.8 cm³/mol. The van der Waals surface area contributed by atoms with Crippen molar-refractivity contribution >= 4 is 24.1 Å². The van der Waals surface area contributed by atoms with Gasteiger partial charge in [0.1, 0.15) is 6.07 Å². The van der Waals surface area contributed by atoms with Crippen LogP contribution in [0.4, 0.5) is 0 Å². The van der Waals surface area contributed by atoms with Crippen molar-refractivity contribution < 1.29 is 0 Å². The molecule has 1 heterocycles. The summed E-state index contributed by atoms with van der Waals surface area (Å²) in [5, 5.41) is 9.18. The van der Waals surface area contributed by atoms with E-state index < -0.39 is 0 Å². The van der Waals surface area contributed by atoms with Crippen LogP contribution in [0.1, 0.15) is 23.7 Å². The predicted octanol–water partition coefficient (Wildman–Crippen LogP) is 4.13. The van der Waals surface area contributed by atoms with Crippen molar-refractivity contribution in [2.45, 2.75) is 13.3 Å². The van der Waals surface area contributed by atoms with E-state index in [0.29, 0.717) is 11.3 Å². The molecular weight excluding hydrogens is 256 g/mol. The fourth-order valence-corrected chi connectivity index (χ4v) is 1.70. The zero-order valence-corrected chi connectivity index (χ0v) is 11.5. The smallest absolute Gasteiger partial charge is 0.101 e. The monoisotopic (exact) mass is 270 g/mol. The Labute approximate surface area is 119 Å². The second-order valence-electron chi connectivity index (χ2n) is 3.98. The first-order valence-electron chi connectivity index (χ1n) is 5.95. The van der Waals surface area contributed by atoms with E-state index in [4.69, 9.17) is 0 Å². The van der Waals surface area contributed by atoms with Crippen LogP contribution in [0.2, 0.25) is 0 Å². The van der Waals surface area contributed by atoms with Gasteiger partial charge in [0.2, 0.25) is 0 Å². The topological polar surface area (TPSA) is 36.7 Å². The fraction of sp³-hybridized carbons (Fsp3) is 0.125. The highest BCUT2D eigenvalue weighted by molar-refractivity contribution is 5.88. The number of halogens is 1. The van der Waals surface area contributed by atoms with E-state index in [1.54, 1.807) is 6.20 Å². The molecule has 0 unspecified atom stereocenters. The second kappa shape index (κ2) is 7.35. The van der Waals surface area contributed by atoms with Gasteiger partial charge in [0.25, 0.3) is 0 Å². The molecule has 0 saturated carbocycles. The largest absolute Gasteiger partial charge is 0.256 e.